The third kappa shape index (κ3) is 3.09. The van der Waals surface area contributed by atoms with Gasteiger partial charge in [0.05, 0.1) is 0 Å². The van der Waals surface area contributed by atoms with Gasteiger partial charge in [-0.25, -0.2) is 4.98 Å². The summed E-state index contributed by atoms with van der Waals surface area (Å²) >= 11 is 0. The van der Waals surface area contributed by atoms with Crippen molar-refractivity contribution in [2.75, 3.05) is 13.2 Å². The fourth-order valence-corrected chi connectivity index (χ4v) is 2.20. The number of aliphatic hydroxyl groups excluding tert-OH is 1. The smallest absolute Gasteiger partial charge is 0.137 e. The van der Waals surface area contributed by atoms with E-state index in [-0.39, 0.29) is 6.61 Å². The van der Waals surface area contributed by atoms with Crippen molar-refractivity contribution in [2.24, 2.45) is 5.92 Å². The summed E-state index contributed by atoms with van der Waals surface area (Å²) in [5.41, 5.74) is 2.19. The van der Waals surface area contributed by atoms with Crippen LogP contribution in [-0.4, -0.2) is 28.2 Å². The molecule has 0 spiro atoms. The molecular weight excluding hydrogens is 226 g/mol. The van der Waals surface area contributed by atoms with Crippen molar-refractivity contribution in [1.29, 1.82) is 0 Å². The Balaban J connectivity index is 1.90. The zero-order chi connectivity index (χ0) is 12.8. The number of aromatic nitrogens is 2. The number of nitrogens with zero attached hydrogens (tertiary/aromatic N) is 1. The second-order valence-electron chi connectivity index (χ2n) is 4.63. The van der Waals surface area contributed by atoms with Gasteiger partial charge < -0.3 is 15.4 Å². The van der Waals surface area contributed by atoms with E-state index in [4.69, 9.17) is 5.11 Å². The second-order valence-corrected chi connectivity index (χ2v) is 4.63. The molecule has 0 fully saturated rings. The van der Waals surface area contributed by atoms with Crippen LogP contribution in [0.15, 0.2) is 24.5 Å². The van der Waals surface area contributed by atoms with E-state index in [0.29, 0.717) is 5.92 Å². The lowest BCUT2D eigenvalue weighted by molar-refractivity contribution is 0.251. The van der Waals surface area contributed by atoms with Crippen LogP contribution in [0.3, 0.4) is 0 Å². The Kier molecular flexibility index (Phi) is 4.73. The maximum Gasteiger partial charge on any atom is 0.137 e. The van der Waals surface area contributed by atoms with Crippen LogP contribution in [0.2, 0.25) is 0 Å². The van der Waals surface area contributed by atoms with Crippen LogP contribution >= 0.6 is 0 Å². The third-order valence-electron chi connectivity index (χ3n) is 3.40. The number of pyridine rings is 1. The van der Waals surface area contributed by atoms with Crippen LogP contribution in [0.1, 0.15) is 25.3 Å². The van der Waals surface area contributed by atoms with Crippen LogP contribution in [0.5, 0.6) is 0 Å². The summed E-state index contributed by atoms with van der Waals surface area (Å²) in [7, 11) is 0. The predicted molar refractivity (Wildman–Crippen MR) is 73.3 cm³/mol. The number of hydrogen-bond acceptors (Lipinski definition) is 3. The molecule has 0 aliphatic carbocycles. The van der Waals surface area contributed by atoms with Gasteiger partial charge in [0.1, 0.15) is 5.65 Å². The molecule has 2 aromatic heterocycles. The molecule has 98 valence electrons. The van der Waals surface area contributed by atoms with Gasteiger partial charge in [-0.3, -0.25) is 0 Å². The molecule has 0 aliphatic rings. The Labute approximate surface area is 107 Å². The molecule has 1 unspecified atom stereocenters. The Hall–Kier alpha value is -1.39. The van der Waals surface area contributed by atoms with Gasteiger partial charge in [0.15, 0.2) is 0 Å². The fourth-order valence-electron chi connectivity index (χ4n) is 2.20. The second kappa shape index (κ2) is 6.52. The first-order valence-corrected chi connectivity index (χ1v) is 6.57. The van der Waals surface area contributed by atoms with Crippen molar-refractivity contribution in [3.8, 4) is 0 Å². The van der Waals surface area contributed by atoms with Crippen LogP contribution in [0, 0.1) is 5.92 Å². The highest BCUT2D eigenvalue weighted by Gasteiger charge is 2.07. The highest BCUT2D eigenvalue weighted by atomic mass is 16.3. The molecule has 0 radical (unpaired) electrons. The van der Waals surface area contributed by atoms with Gasteiger partial charge in [0, 0.05) is 30.9 Å². The molecule has 0 aliphatic heterocycles. The van der Waals surface area contributed by atoms with Crippen LogP contribution in [-0.2, 0) is 6.54 Å². The predicted octanol–water partition coefficient (Wildman–Crippen LogP) is 2.06. The summed E-state index contributed by atoms with van der Waals surface area (Å²) in [6, 6.07) is 4.04. The number of H-pyrrole nitrogens is 1. The first-order chi connectivity index (χ1) is 8.85. The van der Waals surface area contributed by atoms with Crippen molar-refractivity contribution in [3.63, 3.8) is 0 Å². The summed E-state index contributed by atoms with van der Waals surface area (Å²) < 4.78 is 0. The van der Waals surface area contributed by atoms with E-state index in [9.17, 15) is 0 Å². The van der Waals surface area contributed by atoms with Crippen molar-refractivity contribution in [1.82, 2.24) is 15.3 Å². The summed E-state index contributed by atoms with van der Waals surface area (Å²) in [6.07, 6.45) is 5.78. The Bertz CT molecular complexity index is 481. The van der Waals surface area contributed by atoms with Gasteiger partial charge in [-0.05, 0) is 36.6 Å². The van der Waals surface area contributed by atoms with Gasteiger partial charge >= 0.3 is 0 Å². The molecular formula is C14H21N3O. The summed E-state index contributed by atoms with van der Waals surface area (Å²) in [5, 5.41) is 13.6. The molecule has 4 nitrogen and oxygen atoms in total. The molecule has 0 amide bonds. The molecule has 0 bridgehead atoms. The van der Waals surface area contributed by atoms with Crippen molar-refractivity contribution >= 4 is 11.0 Å². The molecule has 2 aromatic rings. The topological polar surface area (TPSA) is 60.9 Å². The van der Waals surface area contributed by atoms with Gasteiger partial charge in [-0.2, -0.15) is 0 Å². The lowest BCUT2D eigenvalue weighted by atomic mass is 10.0. The van der Waals surface area contributed by atoms with Crippen LogP contribution < -0.4 is 5.32 Å². The highest BCUT2D eigenvalue weighted by molar-refractivity contribution is 5.79. The molecule has 0 aromatic carbocycles. The quantitative estimate of drug-likeness (QED) is 0.702. The minimum absolute atomic E-state index is 0.275. The molecule has 18 heavy (non-hydrogen) atoms. The van der Waals surface area contributed by atoms with E-state index >= 15 is 0 Å². The minimum Gasteiger partial charge on any atom is -0.396 e. The standard InChI is InChI=1S/C14H21N3O/c1-2-11(5-7-18)8-15-9-12-10-17-14-13(12)4-3-6-16-14/h3-4,6,10-11,15,18H,2,5,7-9H2,1H3,(H,16,17). The zero-order valence-corrected chi connectivity index (χ0v) is 10.8. The van der Waals surface area contributed by atoms with Gasteiger partial charge in [0.2, 0.25) is 0 Å². The molecule has 4 heteroatoms. The maximum atomic E-state index is 8.95. The Morgan fingerprint density at radius 2 is 2.39 bits per heavy atom. The number of rotatable bonds is 7. The number of fused-ring (bicyclic) bond motifs is 1. The van der Waals surface area contributed by atoms with E-state index in [1.54, 1.807) is 6.20 Å². The molecule has 1 atom stereocenters. The van der Waals surface area contributed by atoms with E-state index in [0.717, 1.165) is 31.6 Å². The SMILES string of the molecule is CCC(CCO)CNCc1c[nH]c2ncccc12. The zero-order valence-electron chi connectivity index (χ0n) is 10.8. The average molecular weight is 247 g/mol. The number of aliphatic hydroxyl groups is 1. The summed E-state index contributed by atoms with van der Waals surface area (Å²) in [5.74, 6) is 0.554. The highest BCUT2D eigenvalue weighted by Crippen LogP contribution is 2.15. The maximum absolute atomic E-state index is 8.95. The van der Waals surface area contributed by atoms with Crippen molar-refractivity contribution < 1.29 is 5.11 Å². The van der Waals surface area contributed by atoms with Gasteiger partial charge in [0.25, 0.3) is 0 Å². The van der Waals surface area contributed by atoms with E-state index < -0.39 is 0 Å². The monoisotopic (exact) mass is 247 g/mol. The Morgan fingerprint density at radius 1 is 1.50 bits per heavy atom. The first kappa shape index (κ1) is 13.1. The summed E-state index contributed by atoms with van der Waals surface area (Å²) in [4.78, 5) is 7.45. The van der Waals surface area contributed by atoms with Gasteiger partial charge in [-0.15, -0.1) is 0 Å². The average Bonchev–Trinajstić information content (AvgIpc) is 2.81. The minimum atomic E-state index is 0.275. The lowest BCUT2D eigenvalue weighted by Crippen LogP contribution is -2.22. The van der Waals surface area contributed by atoms with E-state index in [1.807, 2.05) is 12.3 Å². The van der Waals surface area contributed by atoms with Crippen molar-refractivity contribution in [2.45, 2.75) is 26.3 Å². The Morgan fingerprint density at radius 3 is 3.17 bits per heavy atom. The van der Waals surface area contributed by atoms with Gasteiger partial charge in [-0.1, -0.05) is 13.3 Å². The number of hydrogen-bond donors (Lipinski definition) is 3. The molecule has 2 rings (SSSR count). The van der Waals surface area contributed by atoms with E-state index in [1.165, 1.54) is 10.9 Å². The largest absolute Gasteiger partial charge is 0.396 e. The van der Waals surface area contributed by atoms with Crippen molar-refractivity contribution in [3.05, 3.63) is 30.1 Å². The van der Waals surface area contributed by atoms with Crippen LogP contribution in [0.4, 0.5) is 0 Å². The summed E-state index contributed by atoms with van der Waals surface area (Å²) in [6.45, 7) is 4.23. The number of aromatic amines is 1. The molecule has 3 N–H and O–H groups in total. The third-order valence-corrected chi connectivity index (χ3v) is 3.40. The molecule has 2 heterocycles. The van der Waals surface area contributed by atoms with Crippen LogP contribution in [0.25, 0.3) is 11.0 Å². The lowest BCUT2D eigenvalue weighted by Gasteiger charge is -2.13. The molecule has 0 saturated heterocycles. The normalized spacial score (nSPS) is 13.0. The number of nitrogens with one attached hydrogen (secondary N) is 2. The van der Waals surface area contributed by atoms with E-state index in [2.05, 4.69) is 28.3 Å². The molecule has 0 saturated carbocycles. The first-order valence-electron chi connectivity index (χ1n) is 6.57. The fraction of sp³-hybridized carbons (Fsp3) is 0.500.